The predicted molar refractivity (Wildman–Crippen MR) is 127 cm³/mol. The molecule has 8 nitrogen and oxygen atoms in total. The lowest BCUT2D eigenvalue weighted by molar-refractivity contribution is -0.140. The van der Waals surface area contributed by atoms with E-state index in [9.17, 15) is 19.2 Å². The van der Waals surface area contributed by atoms with Gasteiger partial charge in [0.25, 0.3) is 0 Å². The standard InChI is InChI=1S/C25H39N3O5/c1-6-10-20(28-25(32)33-15-18-11-8-7-9-12-18)22(29)23(30)21(14-17(4)5)27-24(31)19(26)13-16(2)3/h7-9,11-12,16-17,19-21H,6,10,13-15,26H2,1-5H3,(H,27,31)(H,28,32)/t19-,20-,21-/m0/s1. The molecule has 4 N–H and O–H groups in total. The molecule has 0 saturated heterocycles. The fourth-order valence-corrected chi connectivity index (χ4v) is 3.40. The Morgan fingerprint density at radius 1 is 0.879 bits per heavy atom. The van der Waals surface area contributed by atoms with Crippen LogP contribution in [0, 0.1) is 11.8 Å². The van der Waals surface area contributed by atoms with Crippen LogP contribution in [0.5, 0.6) is 0 Å². The van der Waals surface area contributed by atoms with Crippen LogP contribution in [0.3, 0.4) is 0 Å². The summed E-state index contributed by atoms with van der Waals surface area (Å²) in [6.45, 7) is 9.59. The minimum absolute atomic E-state index is 0.0490. The monoisotopic (exact) mass is 461 g/mol. The number of ether oxygens (including phenoxy) is 1. The SMILES string of the molecule is CCC[C@H](NC(=O)OCc1ccccc1)C(=O)C(=O)[C@H](CC(C)C)NC(=O)[C@@H](N)CC(C)C. The van der Waals surface area contributed by atoms with Gasteiger partial charge in [0.2, 0.25) is 17.5 Å². The van der Waals surface area contributed by atoms with Gasteiger partial charge in [-0.05, 0) is 36.7 Å². The number of benzene rings is 1. The van der Waals surface area contributed by atoms with Crippen LogP contribution in [-0.2, 0) is 25.7 Å². The molecule has 1 aromatic carbocycles. The van der Waals surface area contributed by atoms with Crippen molar-refractivity contribution in [2.75, 3.05) is 0 Å². The average molecular weight is 462 g/mol. The third-order valence-corrected chi connectivity index (χ3v) is 5.04. The maximum Gasteiger partial charge on any atom is 0.408 e. The third-order valence-electron chi connectivity index (χ3n) is 5.04. The van der Waals surface area contributed by atoms with Gasteiger partial charge in [-0.15, -0.1) is 0 Å². The van der Waals surface area contributed by atoms with Crippen LogP contribution in [0.15, 0.2) is 30.3 Å². The second-order valence-electron chi connectivity index (χ2n) is 9.20. The molecule has 0 aliphatic carbocycles. The molecule has 2 amide bonds. The number of carbonyl (C=O) groups is 4. The first-order valence-electron chi connectivity index (χ1n) is 11.7. The smallest absolute Gasteiger partial charge is 0.408 e. The molecule has 0 heterocycles. The molecule has 3 atom stereocenters. The van der Waals surface area contributed by atoms with E-state index >= 15 is 0 Å². The van der Waals surface area contributed by atoms with Crippen LogP contribution in [0.1, 0.15) is 65.9 Å². The number of amides is 2. The second-order valence-corrected chi connectivity index (χ2v) is 9.20. The molecule has 0 radical (unpaired) electrons. The molecule has 184 valence electrons. The number of Topliss-reactive ketones (excluding diaryl/α,β-unsaturated/α-hetero) is 2. The normalized spacial score (nSPS) is 13.8. The highest BCUT2D eigenvalue weighted by Gasteiger charge is 2.34. The number of alkyl carbamates (subject to hydrolysis) is 1. The van der Waals surface area contributed by atoms with E-state index in [1.807, 2.05) is 65.0 Å². The summed E-state index contributed by atoms with van der Waals surface area (Å²) in [4.78, 5) is 50.8. The number of nitrogens with two attached hydrogens (primary N) is 1. The zero-order valence-electron chi connectivity index (χ0n) is 20.4. The maximum atomic E-state index is 13.0. The maximum absolute atomic E-state index is 13.0. The Morgan fingerprint density at radius 2 is 1.45 bits per heavy atom. The highest BCUT2D eigenvalue weighted by atomic mass is 16.5. The van der Waals surface area contributed by atoms with Crippen LogP contribution in [0.4, 0.5) is 4.79 Å². The van der Waals surface area contributed by atoms with Crippen LogP contribution >= 0.6 is 0 Å². The topological polar surface area (TPSA) is 128 Å². The van der Waals surface area contributed by atoms with Crippen LogP contribution < -0.4 is 16.4 Å². The number of rotatable bonds is 14. The second kappa shape index (κ2) is 14.4. The Balaban J connectivity index is 2.84. The van der Waals surface area contributed by atoms with E-state index in [0.29, 0.717) is 19.3 Å². The molecule has 0 saturated carbocycles. The fourth-order valence-electron chi connectivity index (χ4n) is 3.40. The van der Waals surface area contributed by atoms with Gasteiger partial charge >= 0.3 is 6.09 Å². The molecule has 0 unspecified atom stereocenters. The molecule has 1 rings (SSSR count). The first kappa shape index (κ1) is 28.3. The summed E-state index contributed by atoms with van der Waals surface area (Å²) in [6, 6.07) is 6.35. The van der Waals surface area contributed by atoms with Crippen molar-refractivity contribution in [2.24, 2.45) is 17.6 Å². The first-order valence-corrected chi connectivity index (χ1v) is 11.7. The van der Waals surface area contributed by atoms with Gasteiger partial charge in [-0.25, -0.2) is 4.79 Å². The summed E-state index contributed by atoms with van der Waals surface area (Å²) < 4.78 is 5.19. The van der Waals surface area contributed by atoms with E-state index in [4.69, 9.17) is 10.5 Å². The van der Waals surface area contributed by atoms with Gasteiger partial charge in [0.15, 0.2) is 0 Å². The summed E-state index contributed by atoms with van der Waals surface area (Å²) in [5, 5.41) is 5.16. The Labute approximate surface area is 197 Å². The van der Waals surface area contributed by atoms with Gasteiger partial charge in [-0.2, -0.15) is 0 Å². The van der Waals surface area contributed by atoms with E-state index in [-0.39, 0.29) is 24.9 Å². The molecule has 0 fully saturated rings. The highest BCUT2D eigenvalue weighted by Crippen LogP contribution is 2.11. The number of carbonyl (C=O) groups excluding carboxylic acids is 4. The number of hydrogen-bond donors (Lipinski definition) is 3. The summed E-state index contributed by atoms with van der Waals surface area (Å²) >= 11 is 0. The van der Waals surface area contributed by atoms with Gasteiger partial charge in [-0.1, -0.05) is 71.4 Å². The molecule has 0 aliphatic rings. The highest BCUT2D eigenvalue weighted by molar-refractivity contribution is 6.41. The molecule has 1 aromatic rings. The third kappa shape index (κ3) is 10.6. The molecule has 0 aromatic heterocycles. The van der Waals surface area contributed by atoms with Crippen LogP contribution in [-0.4, -0.2) is 41.7 Å². The van der Waals surface area contributed by atoms with Gasteiger partial charge in [-0.3, -0.25) is 14.4 Å². The number of nitrogens with one attached hydrogen (secondary N) is 2. The quantitative estimate of drug-likeness (QED) is 0.365. The van der Waals surface area contributed by atoms with Crippen LogP contribution in [0.2, 0.25) is 0 Å². The lowest BCUT2D eigenvalue weighted by Gasteiger charge is -2.24. The Kier molecular flexibility index (Phi) is 12.4. The average Bonchev–Trinajstić information content (AvgIpc) is 2.75. The summed E-state index contributed by atoms with van der Waals surface area (Å²) in [6.07, 6.45) is 0.836. The van der Waals surface area contributed by atoms with Gasteiger partial charge < -0.3 is 21.1 Å². The molecule has 33 heavy (non-hydrogen) atoms. The minimum Gasteiger partial charge on any atom is -0.445 e. The zero-order chi connectivity index (χ0) is 25.0. The summed E-state index contributed by atoms with van der Waals surface area (Å²) in [7, 11) is 0. The fraction of sp³-hybridized carbons (Fsp3) is 0.600. The molecule has 0 aliphatic heterocycles. The van der Waals surface area contributed by atoms with E-state index in [0.717, 1.165) is 5.56 Å². The number of hydrogen-bond acceptors (Lipinski definition) is 6. The van der Waals surface area contributed by atoms with E-state index < -0.39 is 41.7 Å². The largest absolute Gasteiger partial charge is 0.445 e. The summed E-state index contributed by atoms with van der Waals surface area (Å²) in [5.41, 5.74) is 6.75. The molecule has 8 heteroatoms. The van der Waals surface area contributed by atoms with Crippen LogP contribution in [0.25, 0.3) is 0 Å². The van der Waals surface area contributed by atoms with Crippen molar-refractivity contribution in [3.63, 3.8) is 0 Å². The van der Waals surface area contributed by atoms with Crippen molar-refractivity contribution in [1.82, 2.24) is 10.6 Å². The van der Waals surface area contributed by atoms with E-state index in [1.165, 1.54) is 0 Å². The van der Waals surface area contributed by atoms with E-state index in [2.05, 4.69) is 10.6 Å². The predicted octanol–water partition coefficient (Wildman–Crippen LogP) is 3.12. The minimum atomic E-state index is -1.03. The number of ketones is 2. The van der Waals surface area contributed by atoms with Crippen molar-refractivity contribution >= 4 is 23.6 Å². The van der Waals surface area contributed by atoms with Gasteiger partial charge in [0.05, 0.1) is 18.1 Å². The van der Waals surface area contributed by atoms with Gasteiger partial charge in [0, 0.05) is 0 Å². The molecular formula is C25H39N3O5. The summed E-state index contributed by atoms with van der Waals surface area (Å²) in [5.74, 6) is -1.68. The lowest BCUT2D eigenvalue weighted by atomic mass is 9.93. The first-order chi connectivity index (χ1) is 15.5. The Hall–Kier alpha value is -2.74. The van der Waals surface area contributed by atoms with Crippen molar-refractivity contribution < 1.29 is 23.9 Å². The lowest BCUT2D eigenvalue weighted by Crippen LogP contribution is -2.54. The van der Waals surface area contributed by atoms with Crippen molar-refractivity contribution in [2.45, 2.75) is 85.0 Å². The van der Waals surface area contributed by atoms with Crippen molar-refractivity contribution in [1.29, 1.82) is 0 Å². The van der Waals surface area contributed by atoms with Gasteiger partial charge in [0.1, 0.15) is 6.61 Å². The Morgan fingerprint density at radius 3 is 2.00 bits per heavy atom. The Bertz CT molecular complexity index is 780. The van der Waals surface area contributed by atoms with Crippen molar-refractivity contribution in [3.8, 4) is 0 Å². The zero-order valence-corrected chi connectivity index (χ0v) is 20.4. The van der Waals surface area contributed by atoms with E-state index in [1.54, 1.807) is 0 Å². The molecule has 0 bridgehead atoms. The van der Waals surface area contributed by atoms with Crippen molar-refractivity contribution in [3.05, 3.63) is 35.9 Å². The molecule has 0 spiro atoms. The molecular weight excluding hydrogens is 422 g/mol.